The Bertz CT molecular complexity index is 1010. The van der Waals surface area contributed by atoms with Gasteiger partial charge in [-0.25, -0.2) is 0 Å². The Morgan fingerprint density at radius 1 is 1.23 bits per heavy atom. The molecule has 8 heteroatoms. The van der Waals surface area contributed by atoms with Crippen LogP contribution in [-0.2, 0) is 16.8 Å². The molecule has 1 N–H and O–H groups in total. The number of nitrogens with zero attached hydrogens (tertiary/aromatic N) is 4. The summed E-state index contributed by atoms with van der Waals surface area (Å²) in [7, 11) is 0. The first kappa shape index (κ1) is 21.7. The Balaban J connectivity index is 1.83. The van der Waals surface area contributed by atoms with Gasteiger partial charge in [0.25, 0.3) is 0 Å². The summed E-state index contributed by atoms with van der Waals surface area (Å²) in [5.41, 5.74) is 2.26. The zero-order valence-corrected chi connectivity index (χ0v) is 18.2. The fourth-order valence-corrected chi connectivity index (χ4v) is 3.64. The molecular formula is C22H25N5O2S. The summed E-state index contributed by atoms with van der Waals surface area (Å²) in [4.78, 5) is 12.0. The second-order valence-electron chi connectivity index (χ2n) is 7.85. The number of carbonyl (C=O) groups is 1. The third-order valence-corrected chi connectivity index (χ3v) is 5.48. The number of rotatable bonds is 8. The normalized spacial score (nSPS) is 11.3. The highest BCUT2D eigenvalue weighted by Crippen LogP contribution is 2.28. The van der Waals surface area contributed by atoms with E-state index in [-0.39, 0.29) is 17.1 Å². The predicted molar refractivity (Wildman–Crippen MR) is 116 cm³/mol. The number of aromatic nitrogens is 3. The maximum atomic E-state index is 12.0. The molecule has 2 aromatic heterocycles. The van der Waals surface area contributed by atoms with Crippen molar-refractivity contribution in [1.29, 1.82) is 5.26 Å². The SMILES string of the molecule is CC(C)(C)c1ccc(-c2nnc(SCC(=O)NCCC#N)n2Cc2ccco2)cc1. The summed E-state index contributed by atoms with van der Waals surface area (Å²) in [6, 6.07) is 14.1. The molecule has 0 atom stereocenters. The van der Waals surface area contributed by atoms with Crippen molar-refractivity contribution in [2.45, 2.75) is 44.3 Å². The van der Waals surface area contributed by atoms with Crippen molar-refractivity contribution in [1.82, 2.24) is 20.1 Å². The Labute approximate surface area is 180 Å². The van der Waals surface area contributed by atoms with E-state index in [1.165, 1.54) is 17.3 Å². The van der Waals surface area contributed by atoms with E-state index in [9.17, 15) is 4.79 Å². The lowest BCUT2D eigenvalue weighted by Gasteiger charge is -2.19. The maximum absolute atomic E-state index is 12.0. The summed E-state index contributed by atoms with van der Waals surface area (Å²) in [5, 5.41) is 20.6. The Kier molecular flexibility index (Phi) is 6.95. The summed E-state index contributed by atoms with van der Waals surface area (Å²) in [6.45, 7) is 7.35. The van der Waals surface area contributed by atoms with E-state index < -0.39 is 0 Å². The van der Waals surface area contributed by atoms with Crippen molar-refractivity contribution >= 4 is 17.7 Å². The molecule has 0 bridgehead atoms. The lowest BCUT2D eigenvalue weighted by Crippen LogP contribution is -2.26. The number of thioether (sulfide) groups is 1. The first-order valence-corrected chi connectivity index (χ1v) is 10.7. The second-order valence-corrected chi connectivity index (χ2v) is 8.79. The van der Waals surface area contributed by atoms with E-state index >= 15 is 0 Å². The highest BCUT2D eigenvalue weighted by molar-refractivity contribution is 7.99. The molecule has 0 radical (unpaired) electrons. The quantitative estimate of drug-likeness (QED) is 0.434. The molecule has 2 heterocycles. The molecule has 0 unspecified atom stereocenters. The number of hydrogen-bond acceptors (Lipinski definition) is 6. The van der Waals surface area contributed by atoms with Gasteiger partial charge in [-0.05, 0) is 23.1 Å². The van der Waals surface area contributed by atoms with Crippen LogP contribution in [0.15, 0.2) is 52.2 Å². The zero-order valence-electron chi connectivity index (χ0n) is 17.4. The maximum Gasteiger partial charge on any atom is 0.230 e. The molecule has 3 aromatic rings. The average Bonchev–Trinajstić information content (AvgIpc) is 3.36. The van der Waals surface area contributed by atoms with E-state index in [1.54, 1.807) is 6.26 Å². The standard InChI is InChI=1S/C22H25N5O2S/c1-22(2,3)17-9-7-16(8-10-17)20-25-26-21(27(20)14-18-6-4-13-29-18)30-15-19(28)24-12-5-11-23/h4,6-10,13H,5,12,14-15H2,1-3H3,(H,24,28). The zero-order chi connectivity index (χ0) is 21.6. The molecule has 0 aliphatic rings. The number of nitrogens with one attached hydrogen (secondary N) is 1. The first-order valence-electron chi connectivity index (χ1n) is 9.71. The Morgan fingerprint density at radius 3 is 2.63 bits per heavy atom. The minimum Gasteiger partial charge on any atom is -0.467 e. The van der Waals surface area contributed by atoms with E-state index in [0.29, 0.717) is 24.7 Å². The van der Waals surface area contributed by atoms with Gasteiger partial charge >= 0.3 is 0 Å². The monoisotopic (exact) mass is 423 g/mol. The van der Waals surface area contributed by atoms with Gasteiger partial charge in [0.2, 0.25) is 5.91 Å². The van der Waals surface area contributed by atoms with Crippen LogP contribution < -0.4 is 5.32 Å². The molecule has 0 spiro atoms. The topological polar surface area (TPSA) is 96.7 Å². The molecule has 0 saturated heterocycles. The fraction of sp³-hybridized carbons (Fsp3) is 0.364. The van der Waals surface area contributed by atoms with Crippen LogP contribution >= 0.6 is 11.8 Å². The lowest BCUT2D eigenvalue weighted by molar-refractivity contribution is -0.118. The molecule has 1 amide bonds. The molecule has 0 aliphatic heterocycles. The van der Waals surface area contributed by atoms with Crippen molar-refractivity contribution < 1.29 is 9.21 Å². The van der Waals surface area contributed by atoms with Gasteiger partial charge in [0.15, 0.2) is 11.0 Å². The van der Waals surface area contributed by atoms with Crippen molar-refractivity contribution in [3.05, 3.63) is 54.0 Å². The third kappa shape index (κ3) is 5.51. The first-order chi connectivity index (χ1) is 14.4. The Morgan fingerprint density at radius 2 is 2.00 bits per heavy atom. The summed E-state index contributed by atoms with van der Waals surface area (Å²) < 4.78 is 7.47. The van der Waals surface area contributed by atoms with E-state index in [0.717, 1.165) is 17.1 Å². The van der Waals surface area contributed by atoms with Gasteiger partial charge in [0.1, 0.15) is 5.76 Å². The smallest absolute Gasteiger partial charge is 0.230 e. The van der Waals surface area contributed by atoms with Gasteiger partial charge in [-0.1, -0.05) is 56.8 Å². The van der Waals surface area contributed by atoms with Crippen LogP contribution in [0, 0.1) is 11.3 Å². The van der Waals surface area contributed by atoms with Crippen LogP contribution in [0.4, 0.5) is 0 Å². The number of amides is 1. The van der Waals surface area contributed by atoms with Gasteiger partial charge in [0.05, 0.1) is 31.1 Å². The summed E-state index contributed by atoms with van der Waals surface area (Å²) in [6.07, 6.45) is 1.92. The lowest BCUT2D eigenvalue weighted by atomic mass is 9.87. The molecular weight excluding hydrogens is 398 g/mol. The fourth-order valence-electron chi connectivity index (χ4n) is 2.87. The average molecular weight is 424 g/mol. The molecule has 156 valence electrons. The minimum atomic E-state index is -0.140. The van der Waals surface area contributed by atoms with Crippen molar-refractivity contribution in [3.8, 4) is 17.5 Å². The number of nitriles is 1. The van der Waals surface area contributed by atoms with Crippen LogP contribution in [0.3, 0.4) is 0 Å². The molecule has 0 fully saturated rings. The van der Waals surface area contributed by atoms with Gasteiger partial charge in [-0.2, -0.15) is 5.26 Å². The molecule has 7 nitrogen and oxygen atoms in total. The van der Waals surface area contributed by atoms with E-state index in [2.05, 4.69) is 48.4 Å². The highest BCUT2D eigenvalue weighted by Gasteiger charge is 2.18. The van der Waals surface area contributed by atoms with Crippen LogP contribution in [0.1, 0.15) is 38.5 Å². The van der Waals surface area contributed by atoms with Crippen LogP contribution in [0.2, 0.25) is 0 Å². The molecule has 1 aromatic carbocycles. The summed E-state index contributed by atoms with van der Waals surface area (Å²) in [5.74, 6) is 1.56. The van der Waals surface area contributed by atoms with E-state index in [1.807, 2.05) is 34.9 Å². The Hall–Kier alpha value is -3.05. The van der Waals surface area contributed by atoms with Crippen LogP contribution in [0.25, 0.3) is 11.4 Å². The molecule has 0 aliphatic carbocycles. The molecule has 3 rings (SSSR count). The number of carbonyl (C=O) groups excluding carboxylic acids is 1. The largest absolute Gasteiger partial charge is 0.467 e. The van der Waals surface area contributed by atoms with E-state index in [4.69, 9.17) is 9.68 Å². The third-order valence-electron chi connectivity index (χ3n) is 4.51. The van der Waals surface area contributed by atoms with Crippen LogP contribution in [-0.4, -0.2) is 33.0 Å². The summed E-state index contributed by atoms with van der Waals surface area (Å²) >= 11 is 1.31. The minimum absolute atomic E-state index is 0.0697. The highest BCUT2D eigenvalue weighted by atomic mass is 32.2. The number of benzene rings is 1. The van der Waals surface area contributed by atoms with Crippen molar-refractivity contribution in [2.75, 3.05) is 12.3 Å². The molecule has 0 saturated carbocycles. The van der Waals surface area contributed by atoms with Crippen molar-refractivity contribution in [2.24, 2.45) is 0 Å². The number of furan rings is 1. The molecule has 30 heavy (non-hydrogen) atoms. The van der Waals surface area contributed by atoms with Gasteiger partial charge < -0.3 is 9.73 Å². The van der Waals surface area contributed by atoms with Crippen LogP contribution in [0.5, 0.6) is 0 Å². The predicted octanol–water partition coefficient (Wildman–Crippen LogP) is 4.01. The van der Waals surface area contributed by atoms with Gasteiger partial charge in [-0.3, -0.25) is 9.36 Å². The van der Waals surface area contributed by atoms with Gasteiger partial charge in [-0.15, -0.1) is 10.2 Å². The van der Waals surface area contributed by atoms with Gasteiger partial charge in [0, 0.05) is 12.1 Å². The van der Waals surface area contributed by atoms with Crippen molar-refractivity contribution in [3.63, 3.8) is 0 Å². The number of hydrogen-bond donors (Lipinski definition) is 1. The second kappa shape index (κ2) is 9.63.